The third kappa shape index (κ3) is 6.59. The fourth-order valence-electron chi connectivity index (χ4n) is 2.42. The molecule has 2 aromatic rings. The highest BCUT2D eigenvalue weighted by molar-refractivity contribution is 7.90. The van der Waals surface area contributed by atoms with E-state index < -0.39 is 20.9 Å². The number of hydrogen-bond acceptors (Lipinski definition) is 6. The van der Waals surface area contributed by atoms with Crippen molar-refractivity contribution in [1.29, 1.82) is 0 Å². The highest BCUT2D eigenvalue weighted by Gasteiger charge is 2.20. The lowest BCUT2D eigenvalue weighted by molar-refractivity contribution is -0.384. The van der Waals surface area contributed by atoms with Crippen LogP contribution in [0.5, 0.6) is 0 Å². The van der Waals surface area contributed by atoms with Crippen LogP contribution in [0.3, 0.4) is 0 Å². The third-order valence-electron chi connectivity index (χ3n) is 3.95. The summed E-state index contributed by atoms with van der Waals surface area (Å²) in [5.74, 6) is -1.04. The van der Waals surface area contributed by atoms with Gasteiger partial charge in [-0.3, -0.25) is 14.9 Å². The summed E-state index contributed by atoms with van der Waals surface area (Å²) in [6.45, 7) is 1.97. The smallest absolute Gasteiger partial charge is 0.292 e. The number of nitrogens with zero attached hydrogens (tertiary/aromatic N) is 1. The van der Waals surface area contributed by atoms with Crippen molar-refractivity contribution >= 4 is 50.5 Å². The van der Waals surface area contributed by atoms with Crippen LogP contribution < -0.4 is 10.0 Å². The number of hydrogen-bond donors (Lipinski definition) is 2. The second-order valence-electron chi connectivity index (χ2n) is 6.18. The molecule has 156 valence electrons. The Balaban J connectivity index is 2.24. The van der Waals surface area contributed by atoms with Crippen molar-refractivity contribution in [2.24, 2.45) is 0 Å². The molecule has 0 unspecified atom stereocenters. The van der Waals surface area contributed by atoms with Crippen LogP contribution in [0, 0.1) is 10.1 Å². The van der Waals surface area contributed by atoms with Gasteiger partial charge in [0, 0.05) is 28.2 Å². The fraction of sp³-hybridized carbons (Fsp3) is 0.278. The van der Waals surface area contributed by atoms with Gasteiger partial charge in [-0.25, -0.2) is 13.1 Å². The first-order chi connectivity index (χ1) is 13.6. The van der Waals surface area contributed by atoms with Gasteiger partial charge in [0.05, 0.1) is 10.7 Å². The lowest BCUT2D eigenvalue weighted by Crippen LogP contribution is -2.32. The van der Waals surface area contributed by atoms with Crippen LogP contribution in [0.15, 0.2) is 36.4 Å². The van der Waals surface area contributed by atoms with E-state index in [4.69, 9.17) is 23.2 Å². The molecule has 0 radical (unpaired) electrons. The van der Waals surface area contributed by atoms with Gasteiger partial charge >= 0.3 is 0 Å². The molecule has 0 spiro atoms. The predicted octanol–water partition coefficient (Wildman–Crippen LogP) is 4.37. The Morgan fingerprint density at radius 1 is 1.17 bits per heavy atom. The first kappa shape index (κ1) is 22.9. The number of carbonyl (C=O) groups excluding carboxylic acids is 1. The molecule has 0 saturated carbocycles. The SMILES string of the molecule is CCCCS(=O)(=O)NC(=O)c1ccc([N+](=O)[O-])c(NCc2ccc(Cl)cc2Cl)c1. The highest BCUT2D eigenvalue weighted by atomic mass is 35.5. The molecule has 0 fully saturated rings. The summed E-state index contributed by atoms with van der Waals surface area (Å²) in [7, 11) is -3.78. The number of benzene rings is 2. The molecule has 0 aromatic heterocycles. The molecule has 0 aliphatic carbocycles. The summed E-state index contributed by atoms with van der Waals surface area (Å²) >= 11 is 12.0. The lowest BCUT2D eigenvalue weighted by atomic mass is 10.1. The van der Waals surface area contributed by atoms with Crippen LogP contribution in [0.4, 0.5) is 11.4 Å². The maximum atomic E-state index is 12.3. The van der Waals surface area contributed by atoms with Crippen LogP contribution in [0.25, 0.3) is 0 Å². The number of rotatable bonds is 9. The maximum Gasteiger partial charge on any atom is 0.292 e. The number of sulfonamides is 1. The highest BCUT2D eigenvalue weighted by Crippen LogP contribution is 2.28. The summed E-state index contributed by atoms with van der Waals surface area (Å²) in [4.78, 5) is 23.0. The number of carbonyl (C=O) groups is 1. The zero-order valence-corrected chi connectivity index (χ0v) is 17.8. The Hall–Kier alpha value is -2.36. The van der Waals surface area contributed by atoms with Crippen LogP contribution >= 0.6 is 23.2 Å². The molecule has 0 aliphatic rings. The number of nitrogens with one attached hydrogen (secondary N) is 2. The van der Waals surface area contributed by atoms with Gasteiger partial charge in [0.25, 0.3) is 11.6 Å². The Kier molecular flexibility index (Phi) is 7.83. The van der Waals surface area contributed by atoms with E-state index in [0.717, 1.165) is 6.07 Å². The molecule has 2 rings (SSSR count). The summed E-state index contributed by atoms with van der Waals surface area (Å²) in [5.41, 5.74) is 0.405. The van der Waals surface area contributed by atoms with E-state index in [9.17, 15) is 23.3 Å². The minimum Gasteiger partial charge on any atom is -0.375 e. The van der Waals surface area contributed by atoms with Gasteiger partial charge in [-0.1, -0.05) is 42.6 Å². The minimum atomic E-state index is -3.78. The van der Waals surface area contributed by atoms with Gasteiger partial charge in [-0.15, -0.1) is 0 Å². The first-order valence-corrected chi connectivity index (χ1v) is 11.0. The van der Waals surface area contributed by atoms with Crippen molar-refractivity contribution in [1.82, 2.24) is 4.72 Å². The van der Waals surface area contributed by atoms with Crippen molar-refractivity contribution in [3.8, 4) is 0 Å². The lowest BCUT2D eigenvalue weighted by Gasteiger charge is -2.11. The molecule has 2 N–H and O–H groups in total. The molecular weight excluding hydrogens is 441 g/mol. The van der Waals surface area contributed by atoms with E-state index in [1.165, 1.54) is 12.1 Å². The number of nitro benzene ring substituents is 1. The normalized spacial score (nSPS) is 11.1. The maximum absolute atomic E-state index is 12.3. The molecule has 0 saturated heterocycles. The fourth-order valence-corrected chi connectivity index (χ4v) is 4.07. The van der Waals surface area contributed by atoms with Crippen molar-refractivity contribution in [3.63, 3.8) is 0 Å². The van der Waals surface area contributed by atoms with E-state index in [0.29, 0.717) is 28.5 Å². The molecule has 2 aromatic carbocycles. The summed E-state index contributed by atoms with van der Waals surface area (Å²) in [6.07, 6.45) is 1.07. The minimum absolute atomic E-state index is 0.0274. The second kappa shape index (κ2) is 9.91. The molecule has 0 atom stereocenters. The van der Waals surface area contributed by atoms with E-state index in [-0.39, 0.29) is 29.2 Å². The number of unbranched alkanes of at least 4 members (excludes halogenated alkanes) is 1. The van der Waals surface area contributed by atoms with Crippen LogP contribution in [-0.2, 0) is 16.6 Å². The number of halogens is 2. The summed E-state index contributed by atoms with van der Waals surface area (Å²) in [6, 6.07) is 8.40. The monoisotopic (exact) mass is 459 g/mol. The van der Waals surface area contributed by atoms with E-state index in [1.807, 2.05) is 11.6 Å². The topological polar surface area (TPSA) is 118 Å². The average molecular weight is 460 g/mol. The van der Waals surface area contributed by atoms with Crippen molar-refractivity contribution in [2.75, 3.05) is 11.1 Å². The Labute approximate surface area is 178 Å². The van der Waals surface area contributed by atoms with E-state index in [1.54, 1.807) is 18.2 Å². The number of anilines is 1. The largest absolute Gasteiger partial charge is 0.375 e. The standard InChI is InChI=1S/C18H19Cl2N3O5S/c1-2-3-8-29(27,28)22-18(24)12-5-7-17(23(25)26)16(9-12)21-11-13-4-6-14(19)10-15(13)20/h4-7,9-10,21H,2-3,8,11H2,1H3,(H,22,24). The van der Waals surface area contributed by atoms with Gasteiger partial charge in [-0.05, 0) is 36.2 Å². The molecule has 0 heterocycles. The summed E-state index contributed by atoms with van der Waals surface area (Å²) < 4.78 is 25.8. The van der Waals surface area contributed by atoms with Gasteiger partial charge in [0.15, 0.2) is 0 Å². The van der Waals surface area contributed by atoms with Gasteiger partial charge in [-0.2, -0.15) is 0 Å². The number of nitro groups is 1. The Bertz CT molecular complexity index is 1030. The zero-order chi connectivity index (χ0) is 21.6. The molecule has 8 nitrogen and oxygen atoms in total. The van der Waals surface area contributed by atoms with Crippen molar-refractivity contribution in [3.05, 3.63) is 67.7 Å². The average Bonchev–Trinajstić information content (AvgIpc) is 2.65. The van der Waals surface area contributed by atoms with Gasteiger partial charge in [0.1, 0.15) is 5.69 Å². The Morgan fingerprint density at radius 3 is 2.52 bits per heavy atom. The predicted molar refractivity (Wildman–Crippen MR) is 113 cm³/mol. The molecule has 1 amide bonds. The first-order valence-electron chi connectivity index (χ1n) is 8.64. The quantitative estimate of drug-likeness (QED) is 0.424. The molecule has 11 heteroatoms. The van der Waals surface area contributed by atoms with Gasteiger partial charge in [0.2, 0.25) is 10.0 Å². The molecular formula is C18H19Cl2N3O5S. The second-order valence-corrected chi connectivity index (χ2v) is 8.87. The van der Waals surface area contributed by atoms with Gasteiger partial charge < -0.3 is 5.32 Å². The van der Waals surface area contributed by atoms with Crippen LogP contribution in [0.2, 0.25) is 10.0 Å². The Morgan fingerprint density at radius 2 is 1.90 bits per heavy atom. The zero-order valence-electron chi connectivity index (χ0n) is 15.4. The molecule has 0 bridgehead atoms. The molecule has 0 aliphatic heterocycles. The van der Waals surface area contributed by atoms with Crippen LogP contribution in [-0.4, -0.2) is 25.0 Å². The van der Waals surface area contributed by atoms with E-state index >= 15 is 0 Å². The van der Waals surface area contributed by atoms with Crippen molar-refractivity contribution < 1.29 is 18.1 Å². The number of amides is 1. The third-order valence-corrected chi connectivity index (χ3v) is 5.86. The van der Waals surface area contributed by atoms with E-state index in [2.05, 4.69) is 5.32 Å². The summed E-state index contributed by atoms with van der Waals surface area (Å²) in [5, 5.41) is 15.0. The molecule has 29 heavy (non-hydrogen) atoms. The van der Waals surface area contributed by atoms with Crippen LogP contribution in [0.1, 0.15) is 35.7 Å². The van der Waals surface area contributed by atoms with Crippen molar-refractivity contribution in [2.45, 2.75) is 26.3 Å².